The molecule has 3 heteroatoms. The molecule has 0 aliphatic rings. The van der Waals surface area contributed by atoms with Gasteiger partial charge in [-0.2, -0.15) is 0 Å². The summed E-state index contributed by atoms with van der Waals surface area (Å²) in [6, 6.07) is 0. The van der Waals surface area contributed by atoms with Crippen LogP contribution in [0.5, 0.6) is 0 Å². The van der Waals surface area contributed by atoms with Crippen LogP contribution < -0.4 is 0 Å². The standard InChI is InChI=1S/C2H5O2.Cu/c3-1-2-4;/h3H,1-2H2;/q-1;+1. The maximum absolute atomic E-state index is 7.87. The van der Waals surface area contributed by atoms with Crippen LogP contribution in [0.2, 0.25) is 0 Å². The average molecular weight is 125 g/mol. The molecular formula is C2H5CuO2. The summed E-state index contributed by atoms with van der Waals surface area (Å²) in [5.41, 5.74) is 0. The molecule has 0 saturated carbocycles. The predicted molar refractivity (Wildman–Crippen MR) is 13.0 cm³/mol. The Kier molecular flexibility index (Phi) is 4.83. The second-order valence-electron chi connectivity index (χ2n) is 0.515. The fraction of sp³-hybridized carbons (Fsp3) is 1.00. The summed E-state index contributed by atoms with van der Waals surface area (Å²) in [4.78, 5) is 0. The molecule has 0 rings (SSSR count). The predicted octanol–water partition coefficient (Wildman–Crippen LogP) is -0.543. The zero-order valence-electron chi connectivity index (χ0n) is 2.57. The van der Waals surface area contributed by atoms with E-state index in [4.69, 9.17) is 5.11 Å². The Morgan fingerprint density at radius 3 is 2.40 bits per heavy atom. The monoisotopic (exact) mass is 124 g/mol. The molecule has 0 heterocycles. The molecule has 0 bridgehead atoms. The number of hydrogen-bond donors (Lipinski definition) is 1. The third kappa shape index (κ3) is 4.44. The number of aliphatic hydroxyl groups excluding tert-OH is 1. The van der Waals surface area contributed by atoms with Gasteiger partial charge in [0.25, 0.3) is 0 Å². The molecule has 0 atom stereocenters. The SMILES string of the molecule is OCC[O][Cu]. The van der Waals surface area contributed by atoms with Crippen LogP contribution in [0, 0.1) is 0 Å². The van der Waals surface area contributed by atoms with Crippen LogP contribution in [0.1, 0.15) is 0 Å². The minimum absolute atomic E-state index is 0.0122. The summed E-state index contributed by atoms with van der Waals surface area (Å²) in [5, 5.41) is 7.87. The molecule has 36 valence electrons. The van der Waals surface area contributed by atoms with Gasteiger partial charge >= 0.3 is 38.5 Å². The molecule has 5 heavy (non-hydrogen) atoms. The number of rotatable bonds is 2. The van der Waals surface area contributed by atoms with Gasteiger partial charge in [0, 0.05) is 0 Å². The van der Waals surface area contributed by atoms with Gasteiger partial charge in [0.05, 0.1) is 0 Å². The molecule has 0 unspecified atom stereocenters. The van der Waals surface area contributed by atoms with Gasteiger partial charge in [0.1, 0.15) is 0 Å². The summed E-state index contributed by atoms with van der Waals surface area (Å²) < 4.78 is 4.00. The van der Waals surface area contributed by atoms with Crippen molar-refractivity contribution < 1.29 is 25.3 Å². The van der Waals surface area contributed by atoms with Crippen molar-refractivity contribution in [2.45, 2.75) is 0 Å². The Morgan fingerprint density at radius 1 is 1.80 bits per heavy atom. The first-order chi connectivity index (χ1) is 2.41. The van der Waals surface area contributed by atoms with E-state index >= 15 is 0 Å². The Hall–Kier alpha value is 0.439. The van der Waals surface area contributed by atoms with Crippen molar-refractivity contribution in [2.75, 3.05) is 13.2 Å². The van der Waals surface area contributed by atoms with Crippen molar-refractivity contribution in [1.82, 2.24) is 0 Å². The van der Waals surface area contributed by atoms with E-state index in [0.717, 1.165) is 0 Å². The van der Waals surface area contributed by atoms with Gasteiger partial charge in [-0.1, -0.05) is 0 Å². The molecule has 0 aliphatic heterocycles. The molecule has 2 nitrogen and oxygen atoms in total. The quantitative estimate of drug-likeness (QED) is 0.501. The van der Waals surface area contributed by atoms with Crippen LogP contribution in [0.4, 0.5) is 0 Å². The van der Waals surface area contributed by atoms with Gasteiger partial charge in [-0.25, -0.2) is 0 Å². The molecule has 0 spiro atoms. The molecule has 0 aliphatic carbocycles. The normalized spacial score (nSPS) is 8.60. The van der Waals surface area contributed by atoms with E-state index in [9.17, 15) is 0 Å². The third-order valence-electron chi connectivity index (χ3n) is 0.153. The molecule has 0 aromatic rings. The third-order valence-corrected chi connectivity index (χ3v) is 0.345. The van der Waals surface area contributed by atoms with Crippen LogP contribution in [0.3, 0.4) is 0 Å². The van der Waals surface area contributed by atoms with Crippen LogP contribution in [-0.2, 0) is 20.2 Å². The first-order valence-electron chi connectivity index (χ1n) is 1.23. The summed E-state index contributed by atoms with van der Waals surface area (Å²) in [6.45, 7) is 0.262. The van der Waals surface area contributed by atoms with Crippen LogP contribution in [-0.4, -0.2) is 18.3 Å². The fourth-order valence-electron chi connectivity index (χ4n) is 0.0275. The molecule has 0 amide bonds. The Bertz CT molecular complexity index is 15.1. The topological polar surface area (TPSA) is 29.5 Å². The van der Waals surface area contributed by atoms with Crippen molar-refractivity contribution in [3.8, 4) is 0 Å². The molecule has 0 saturated heterocycles. The van der Waals surface area contributed by atoms with Gasteiger partial charge in [-0.3, -0.25) is 0 Å². The Morgan fingerprint density at radius 2 is 2.40 bits per heavy atom. The first kappa shape index (κ1) is 5.44. The van der Waals surface area contributed by atoms with Crippen LogP contribution in [0.15, 0.2) is 0 Å². The first-order valence-corrected chi connectivity index (χ1v) is 1.61. The van der Waals surface area contributed by atoms with E-state index < -0.39 is 0 Å². The molecule has 0 fully saturated rings. The van der Waals surface area contributed by atoms with Crippen molar-refractivity contribution in [1.29, 1.82) is 0 Å². The van der Waals surface area contributed by atoms with E-state index in [0.29, 0.717) is 0 Å². The average Bonchev–Trinajstić information content (AvgIpc) is 1.41. The maximum atomic E-state index is 7.87. The van der Waals surface area contributed by atoms with E-state index in [-0.39, 0.29) is 13.2 Å². The fourth-order valence-corrected chi connectivity index (χ4v) is 0.113. The van der Waals surface area contributed by atoms with Crippen molar-refractivity contribution in [2.24, 2.45) is 0 Å². The van der Waals surface area contributed by atoms with Crippen LogP contribution >= 0.6 is 0 Å². The van der Waals surface area contributed by atoms with Crippen molar-refractivity contribution in [3.63, 3.8) is 0 Å². The summed E-state index contributed by atoms with van der Waals surface area (Å²) in [6.07, 6.45) is 0. The molecule has 1 N–H and O–H groups in total. The molecular weight excluding hydrogens is 120 g/mol. The van der Waals surface area contributed by atoms with E-state index in [1.54, 1.807) is 0 Å². The number of hydrogen-bond acceptors (Lipinski definition) is 2. The second-order valence-corrected chi connectivity index (χ2v) is 0.787. The minimum atomic E-state index is 0.0122. The van der Waals surface area contributed by atoms with Gasteiger partial charge in [-0.15, -0.1) is 0 Å². The van der Waals surface area contributed by atoms with Crippen molar-refractivity contribution >= 4 is 0 Å². The molecule has 0 aromatic carbocycles. The van der Waals surface area contributed by atoms with Gasteiger partial charge < -0.3 is 0 Å². The van der Waals surface area contributed by atoms with Crippen LogP contribution in [0.25, 0.3) is 0 Å². The van der Waals surface area contributed by atoms with E-state index in [1.807, 2.05) is 0 Å². The summed E-state index contributed by atoms with van der Waals surface area (Å²) >= 11 is 4.11. The van der Waals surface area contributed by atoms with Gasteiger partial charge in [0.15, 0.2) is 0 Å². The van der Waals surface area contributed by atoms with E-state index in [2.05, 4.69) is 20.2 Å². The molecule has 0 aromatic heterocycles. The number of aliphatic hydroxyl groups is 1. The van der Waals surface area contributed by atoms with Gasteiger partial charge in [0.2, 0.25) is 0 Å². The molecule has 0 radical (unpaired) electrons. The second kappa shape index (κ2) is 4.44. The zero-order chi connectivity index (χ0) is 4.12. The Labute approximate surface area is 39.3 Å². The summed E-state index contributed by atoms with van der Waals surface area (Å²) in [5.74, 6) is 0. The Balaban J connectivity index is 2.19. The van der Waals surface area contributed by atoms with Crippen molar-refractivity contribution in [3.05, 3.63) is 0 Å². The van der Waals surface area contributed by atoms with Gasteiger partial charge in [-0.05, 0) is 0 Å². The van der Waals surface area contributed by atoms with E-state index in [1.165, 1.54) is 0 Å². The summed E-state index contributed by atoms with van der Waals surface area (Å²) in [7, 11) is 0. The zero-order valence-corrected chi connectivity index (χ0v) is 3.51.